The largest absolute Gasteiger partial charge is 0.463 e. The molecule has 0 rings (SSSR count). The number of carbonyl (C=O) groups excluding carboxylic acids is 1. The summed E-state index contributed by atoms with van der Waals surface area (Å²) in [6.07, 6.45) is 0.457. The lowest BCUT2D eigenvalue weighted by molar-refractivity contribution is -0.142. The minimum absolute atomic E-state index is 0.263. The normalized spacial score (nSPS) is 9.88. The minimum atomic E-state index is -0.263. The fraction of sp³-hybridized carbons (Fsp3) is 0.818. The molecule has 5 nitrogen and oxygen atoms in total. The van der Waals surface area contributed by atoms with Gasteiger partial charge in [-0.2, -0.15) is 5.26 Å². The van der Waals surface area contributed by atoms with Gasteiger partial charge in [-0.25, -0.2) is 0 Å². The summed E-state index contributed by atoms with van der Waals surface area (Å²) in [5.74, 6) is 0.693. The Morgan fingerprint density at radius 1 is 1.24 bits per heavy atom. The van der Waals surface area contributed by atoms with Crippen LogP contribution in [0.2, 0.25) is 0 Å². The maximum absolute atomic E-state index is 11.1. The van der Waals surface area contributed by atoms with E-state index in [1.807, 2.05) is 13.0 Å². The molecule has 0 aliphatic rings. The summed E-state index contributed by atoms with van der Waals surface area (Å²) in [6, 6.07) is 2.01. The van der Waals surface area contributed by atoms with Gasteiger partial charge in [0.25, 0.3) is 0 Å². The molecule has 0 unspecified atom stereocenters. The molecule has 0 aliphatic heterocycles. The monoisotopic (exact) mass is 261 g/mol. The van der Waals surface area contributed by atoms with Crippen LogP contribution in [0.3, 0.4) is 0 Å². The van der Waals surface area contributed by atoms with E-state index in [-0.39, 0.29) is 12.6 Å². The molecule has 0 bridgehead atoms. The Hall–Kier alpha value is -0.770. The van der Waals surface area contributed by atoms with Crippen LogP contribution < -0.4 is 0 Å². The van der Waals surface area contributed by atoms with Gasteiger partial charge in [-0.1, -0.05) is 0 Å². The van der Waals surface area contributed by atoms with Gasteiger partial charge < -0.3 is 14.2 Å². The molecule has 6 heteroatoms. The first-order valence-corrected chi connectivity index (χ1v) is 6.72. The van der Waals surface area contributed by atoms with Crippen LogP contribution >= 0.6 is 11.8 Å². The predicted octanol–water partition coefficient (Wildman–Crippen LogP) is 1.23. The molecule has 0 saturated heterocycles. The van der Waals surface area contributed by atoms with Gasteiger partial charge in [-0.15, -0.1) is 11.8 Å². The third kappa shape index (κ3) is 13.2. The molecule has 0 spiro atoms. The molecule has 0 aliphatic carbocycles. The Morgan fingerprint density at radius 3 is 2.65 bits per heavy atom. The van der Waals surface area contributed by atoms with Gasteiger partial charge in [0.05, 0.1) is 31.6 Å². The smallest absolute Gasteiger partial charge is 0.315 e. The Kier molecular flexibility index (Phi) is 12.7. The number of esters is 1. The molecule has 17 heavy (non-hydrogen) atoms. The molecule has 0 aromatic rings. The van der Waals surface area contributed by atoms with Gasteiger partial charge in [0.1, 0.15) is 6.61 Å². The van der Waals surface area contributed by atoms with E-state index in [2.05, 4.69) is 0 Å². The predicted molar refractivity (Wildman–Crippen MR) is 65.8 cm³/mol. The molecule has 0 fully saturated rings. The quantitative estimate of drug-likeness (QED) is 0.411. The van der Waals surface area contributed by atoms with Crippen molar-refractivity contribution < 1.29 is 19.0 Å². The van der Waals surface area contributed by atoms with E-state index in [4.69, 9.17) is 19.5 Å². The van der Waals surface area contributed by atoms with E-state index in [0.717, 1.165) is 0 Å². The zero-order chi connectivity index (χ0) is 12.8. The molecule has 0 saturated carbocycles. The van der Waals surface area contributed by atoms with Gasteiger partial charge in [-0.3, -0.25) is 4.79 Å². The maximum atomic E-state index is 11.1. The minimum Gasteiger partial charge on any atom is -0.463 e. The van der Waals surface area contributed by atoms with E-state index in [0.29, 0.717) is 44.4 Å². The van der Waals surface area contributed by atoms with Crippen molar-refractivity contribution >= 4 is 17.7 Å². The summed E-state index contributed by atoms with van der Waals surface area (Å²) in [5.41, 5.74) is 0. The van der Waals surface area contributed by atoms with Crippen LogP contribution in [0.15, 0.2) is 0 Å². The molecule has 0 amide bonds. The van der Waals surface area contributed by atoms with Crippen molar-refractivity contribution in [1.29, 1.82) is 5.26 Å². The molecule has 98 valence electrons. The summed E-state index contributed by atoms with van der Waals surface area (Å²) in [4.78, 5) is 11.1. The van der Waals surface area contributed by atoms with Crippen molar-refractivity contribution in [1.82, 2.24) is 0 Å². The maximum Gasteiger partial charge on any atom is 0.315 e. The van der Waals surface area contributed by atoms with Gasteiger partial charge in [0.15, 0.2) is 0 Å². The van der Waals surface area contributed by atoms with E-state index < -0.39 is 0 Å². The average Bonchev–Trinajstić information content (AvgIpc) is 2.33. The highest BCUT2D eigenvalue weighted by atomic mass is 32.2. The van der Waals surface area contributed by atoms with E-state index in [1.54, 1.807) is 0 Å². The van der Waals surface area contributed by atoms with Crippen molar-refractivity contribution in [2.45, 2.75) is 13.3 Å². The molecular weight excluding hydrogens is 242 g/mol. The molecule has 0 aromatic carbocycles. The van der Waals surface area contributed by atoms with Crippen molar-refractivity contribution in [3.63, 3.8) is 0 Å². The van der Waals surface area contributed by atoms with Gasteiger partial charge in [-0.05, 0) is 6.92 Å². The lowest BCUT2D eigenvalue weighted by Crippen LogP contribution is -2.14. The fourth-order valence-corrected chi connectivity index (χ4v) is 1.52. The zero-order valence-corrected chi connectivity index (χ0v) is 11.0. The molecule has 0 aromatic heterocycles. The van der Waals surface area contributed by atoms with Crippen molar-refractivity contribution in [2.75, 3.05) is 44.5 Å². The van der Waals surface area contributed by atoms with E-state index in [9.17, 15) is 4.79 Å². The van der Waals surface area contributed by atoms with Gasteiger partial charge in [0, 0.05) is 18.8 Å². The zero-order valence-electron chi connectivity index (χ0n) is 10.1. The van der Waals surface area contributed by atoms with Crippen LogP contribution in [0.25, 0.3) is 0 Å². The first kappa shape index (κ1) is 16.2. The number of hydrogen-bond donors (Lipinski definition) is 0. The summed E-state index contributed by atoms with van der Waals surface area (Å²) in [6.45, 7) is 4.34. The molecule has 0 N–H and O–H groups in total. The van der Waals surface area contributed by atoms with Gasteiger partial charge in [0.2, 0.25) is 0 Å². The number of carbonyl (C=O) groups is 1. The highest BCUT2D eigenvalue weighted by Crippen LogP contribution is 2.02. The third-order valence-corrected chi connectivity index (χ3v) is 2.58. The topological polar surface area (TPSA) is 68.6 Å². The Labute approximate surface area is 106 Å². The highest BCUT2D eigenvalue weighted by Gasteiger charge is 2.02. The lowest BCUT2D eigenvalue weighted by atomic mass is 10.6. The second kappa shape index (κ2) is 13.3. The Bertz CT molecular complexity index is 230. The fourth-order valence-electron chi connectivity index (χ4n) is 0.894. The summed E-state index contributed by atoms with van der Waals surface area (Å²) in [5, 5.41) is 8.29. The number of ether oxygens (including phenoxy) is 3. The summed E-state index contributed by atoms with van der Waals surface area (Å²) in [7, 11) is 0. The second-order valence-electron chi connectivity index (χ2n) is 2.99. The summed E-state index contributed by atoms with van der Waals surface area (Å²) >= 11 is 1.40. The Balaban J connectivity index is 3.14. The molecule has 0 heterocycles. The van der Waals surface area contributed by atoms with Crippen molar-refractivity contribution in [3.05, 3.63) is 0 Å². The number of thioether (sulfide) groups is 1. The van der Waals surface area contributed by atoms with Crippen LogP contribution in [0.1, 0.15) is 13.3 Å². The van der Waals surface area contributed by atoms with Crippen LogP contribution in [-0.4, -0.2) is 50.5 Å². The van der Waals surface area contributed by atoms with Crippen LogP contribution in [0.4, 0.5) is 0 Å². The summed E-state index contributed by atoms with van der Waals surface area (Å²) < 4.78 is 15.2. The number of nitrogens with zero attached hydrogens (tertiary/aromatic N) is 1. The molecular formula is C11H19NO4S. The van der Waals surface area contributed by atoms with Crippen LogP contribution in [0, 0.1) is 11.3 Å². The average molecular weight is 261 g/mol. The third-order valence-electron chi connectivity index (χ3n) is 1.64. The Morgan fingerprint density at radius 2 is 1.94 bits per heavy atom. The molecule has 0 atom stereocenters. The standard InChI is InChI=1S/C11H19NO4S/c1-2-14-5-6-15-7-8-16-11(13)10-17-9-3-4-12/h2-3,5-10H2,1H3. The highest BCUT2D eigenvalue weighted by molar-refractivity contribution is 7.99. The first-order valence-electron chi connectivity index (χ1n) is 5.57. The second-order valence-corrected chi connectivity index (χ2v) is 4.10. The van der Waals surface area contributed by atoms with E-state index in [1.165, 1.54) is 11.8 Å². The number of nitriles is 1. The molecule has 0 radical (unpaired) electrons. The van der Waals surface area contributed by atoms with Crippen LogP contribution in [0.5, 0.6) is 0 Å². The van der Waals surface area contributed by atoms with Crippen molar-refractivity contribution in [2.24, 2.45) is 0 Å². The first-order chi connectivity index (χ1) is 8.31. The van der Waals surface area contributed by atoms with Gasteiger partial charge >= 0.3 is 5.97 Å². The van der Waals surface area contributed by atoms with Crippen molar-refractivity contribution in [3.8, 4) is 6.07 Å². The number of rotatable bonds is 11. The van der Waals surface area contributed by atoms with Crippen LogP contribution in [-0.2, 0) is 19.0 Å². The van der Waals surface area contributed by atoms with E-state index >= 15 is 0 Å². The lowest BCUT2D eigenvalue weighted by Gasteiger charge is -2.05. The number of hydrogen-bond acceptors (Lipinski definition) is 6. The SMILES string of the molecule is CCOCCOCCOC(=O)CSCCC#N.